The molecule has 1 aromatic carbocycles. The fourth-order valence-corrected chi connectivity index (χ4v) is 2.32. The van der Waals surface area contributed by atoms with Gasteiger partial charge in [0.2, 0.25) is 0 Å². The highest BCUT2D eigenvalue weighted by molar-refractivity contribution is 6.33. The third-order valence-corrected chi connectivity index (χ3v) is 3.59. The molecule has 0 aromatic heterocycles. The zero-order chi connectivity index (χ0) is 14.7. The molecule has 7 heteroatoms. The van der Waals surface area contributed by atoms with Crippen molar-refractivity contribution in [1.29, 1.82) is 0 Å². The van der Waals surface area contributed by atoms with Gasteiger partial charge < -0.3 is 15.7 Å². The standard InChI is InChI=1S/C13H16ClN3O3/c14-10-7-9(1-2-11(10)15)13(20)17-5-3-16(4-6-17)8-12(18)19/h1-2,7H,3-6,8,15H2,(H,18,19). The van der Waals surface area contributed by atoms with Gasteiger partial charge >= 0.3 is 5.97 Å². The highest BCUT2D eigenvalue weighted by Crippen LogP contribution is 2.21. The molecule has 20 heavy (non-hydrogen) atoms. The summed E-state index contributed by atoms with van der Waals surface area (Å²) < 4.78 is 0. The van der Waals surface area contributed by atoms with Crippen LogP contribution in [-0.4, -0.2) is 59.5 Å². The highest BCUT2D eigenvalue weighted by atomic mass is 35.5. The fourth-order valence-electron chi connectivity index (χ4n) is 2.14. The summed E-state index contributed by atoms with van der Waals surface area (Å²) in [5, 5.41) is 9.09. The molecule has 1 fully saturated rings. The minimum Gasteiger partial charge on any atom is -0.480 e. The van der Waals surface area contributed by atoms with Gasteiger partial charge in [-0.3, -0.25) is 14.5 Å². The van der Waals surface area contributed by atoms with Crippen molar-refractivity contribution in [3.05, 3.63) is 28.8 Å². The van der Waals surface area contributed by atoms with Gasteiger partial charge in [0.25, 0.3) is 5.91 Å². The van der Waals surface area contributed by atoms with Gasteiger partial charge in [-0.15, -0.1) is 0 Å². The van der Waals surface area contributed by atoms with E-state index >= 15 is 0 Å². The first-order valence-electron chi connectivity index (χ1n) is 6.26. The molecule has 1 aliphatic heterocycles. The molecule has 108 valence electrons. The number of piperazine rings is 1. The van der Waals surface area contributed by atoms with Gasteiger partial charge in [-0.25, -0.2) is 0 Å². The average Bonchev–Trinajstić information content (AvgIpc) is 2.41. The van der Waals surface area contributed by atoms with E-state index in [2.05, 4.69) is 0 Å². The minimum absolute atomic E-state index is 0.00965. The van der Waals surface area contributed by atoms with Crippen molar-refractivity contribution in [2.45, 2.75) is 0 Å². The molecule has 1 aromatic rings. The Bertz CT molecular complexity index is 528. The highest BCUT2D eigenvalue weighted by Gasteiger charge is 2.23. The Morgan fingerprint density at radius 3 is 2.45 bits per heavy atom. The third-order valence-electron chi connectivity index (χ3n) is 3.27. The Kier molecular flexibility index (Phi) is 4.46. The van der Waals surface area contributed by atoms with E-state index in [4.69, 9.17) is 22.4 Å². The summed E-state index contributed by atoms with van der Waals surface area (Å²) in [6.07, 6.45) is 0. The topological polar surface area (TPSA) is 86.9 Å². The summed E-state index contributed by atoms with van der Waals surface area (Å²) in [7, 11) is 0. The maximum Gasteiger partial charge on any atom is 0.317 e. The third kappa shape index (κ3) is 3.40. The second kappa shape index (κ2) is 6.11. The van der Waals surface area contributed by atoms with Gasteiger partial charge in [0, 0.05) is 31.7 Å². The quantitative estimate of drug-likeness (QED) is 0.805. The van der Waals surface area contributed by atoms with E-state index in [-0.39, 0.29) is 12.5 Å². The van der Waals surface area contributed by atoms with Gasteiger partial charge in [0.15, 0.2) is 0 Å². The number of carbonyl (C=O) groups excluding carboxylic acids is 1. The van der Waals surface area contributed by atoms with Gasteiger partial charge in [0.1, 0.15) is 0 Å². The minimum atomic E-state index is -0.852. The Hall–Kier alpha value is -1.79. The molecule has 0 radical (unpaired) electrons. The molecule has 0 bridgehead atoms. The number of anilines is 1. The molecule has 6 nitrogen and oxygen atoms in total. The molecule has 1 heterocycles. The number of nitrogens with zero attached hydrogens (tertiary/aromatic N) is 2. The average molecular weight is 298 g/mol. The molecule has 3 N–H and O–H groups in total. The van der Waals surface area contributed by atoms with Gasteiger partial charge in [-0.05, 0) is 18.2 Å². The molecule has 1 amide bonds. The monoisotopic (exact) mass is 297 g/mol. The number of nitrogen functional groups attached to an aromatic ring is 1. The molecule has 0 unspecified atom stereocenters. The van der Waals surface area contributed by atoms with E-state index in [0.717, 1.165) is 0 Å². The van der Waals surface area contributed by atoms with Crippen molar-refractivity contribution in [3.63, 3.8) is 0 Å². The number of rotatable bonds is 3. The van der Waals surface area contributed by atoms with Crippen LogP contribution in [0.3, 0.4) is 0 Å². The summed E-state index contributed by atoms with van der Waals surface area (Å²) in [6, 6.07) is 4.81. The zero-order valence-corrected chi connectivity index (χ0v) is 11.6. The lowest BCUT2D eigenvalue weighted by Gasteiger charge is -2.33. The molecule has 0 saturated carbocycles. The predicted octanol–water partition coefficient (Wildman–Crippen LogP) is 0.765. The summed E-state index contributed by atoms with van der Waals surface area (Å²) >= 11 is 5.91. The maximum absolute atomic E-state index is 12.3. The molecular formula is C13H16ClN3O3. The number of hydrogen-bond donors (Lipinski definition) is 2. The molecule has 1 saturated heterocycles. The van der Waals surface area contributed by atoms with Crippen LogP contribution < -0.4 is 5.73 Å². The number of carbonyl (C=O) groups is 2. The fraction of sp³-hybridized carbons (Fsp3) is 0.385. The lowest BCUT2D eigenvalue weighted by Crippen LogP contribution is -2.49. The first-order chi connectivity index (χ1) is 9.47. The molecule has 2 rings (SSSR count). The SMILES string of the molecule is Nc1ccc(C(=O)N2CCN(CC(=O)O)CC2)cc1Cl. The zero-order valence-electron chi connectivity index (χ0n) is 10.9. The number of halogens is 1. The number of carboxylic acid groups (broad SMARTS) is 1. The Morgan fingerprint density at radius 1 is 1.25 bits per heavy atom. The van der Waals surface area contributed by atoms with Crippen LogP contribution >= 0.6 is 11.6 Å². The lowest BCUT2D eigenvalue weighted by atomic mass is 10.1. The van der Waals surface area contributed by atoms with Gasteiger partial charge in [0.05, 0.1) is 17.3 Å². The lowest BCUT2D eigenvalue weighted by molar-refractivity contribution is -0.138. The van der Waals surface area contributed by atoms with Crippen molar-refractivity contribution in [2.24, 2.45) is 0 Å². The Balaban J connectivity index is 1.97. The van der Waals surface area contributed by atoms with Gasteiger partial charge in [-0.2, -0.15) is 0 Å². The van der Waals surface area contributed by atoms with Gasteiger partial charge in [-0.1, -0.05) is 11.6 Å². The number of benzene rings is 1. The largest absolute Gasteiger partial charge is 0.480 e. The number of aliphatic carboxylic acids is 1. The van der Waals surface area contributed by atoms with Crippen LogP contribution in [0.4, 0.5) is 5.69 Å². The van der Waals surface area contributed by atoms with Crippen molar-refractivity contribution in [3.8, 4) is 0 Å². The molecular weight excluding hydrogens is 282 g/mol. The van der Waals surface area contributed by atoms with E-state index in [9.17, 15) is 9.59 Å². The number of carboxylic acids is 1. The molecule has 0 spiro atoms. The second-order valence-corrected chi connectivity index (χ2v) is 5.11. The maximum atomic E-state index is 12.3. The Labute approximate surface area is 121 Å². The smallest absolute Gasteiger partial charge is 0.317 e. The normalized spacial score (nSPS) is 16.1. The van der Waals surface area contributed by atoms with Crippen LogP contribution in [0.1, 0.15) is 10.4 Å². The number of amides is 1. The number of nitrogens with two attached hydrogens (primary N) is 1. The van der Waals surface area contributed by atoms with E-state index < -0.39 is 5.97 Å². The van der Waals surface area contributed by atoms with Crippen LogP contribution in [0.5, 0.6) is 0 Å². The van der Waals surface area contributed by atoms with Crippen LogP contribution in [0.25, 0.3) is 0 Å². The second-order valence-electron chi connectivity index (χ2n) is 4.70. The first kappa shape index (κ1) is 14.6. The van der Waals surface area contributed by atoms with Crippen LogP contribution in [0.15, 0.2) is 18.2 Å². The summed E-state index contributed by atoms with van der Waals surface area (Å²) in [6.45, 7) is 2.14. The summed E-state index contributed by atoms with van der Waals surface area (Å²) in [5.41, 5.74) is 6.55. The van der Waals surface area contributed by atoms with E-state index in [1.165, 1.54) is 0 Å². The number of hydrogen-bond acceptors (Lipinski definition) is 4. The van der Waals surface area contributed by atoms with E-state index in [1.54, 1.807) is 23.1 Å². The van der Waals surface area contributed by atoms with E-state index in [0.29, 0.717) is 42.5 Å². The van der Waals surface area contributed by atoms with Crippen molar-refractivity contribution < 1.29 is 14.7 Å². The predicted molar refractivity (Wildman–Crippen MR) is 75.8 cm³/mol. The van der Waals surface area contributed by atoms with Crippen molar-refractivity contribution in [1.82, 2.24) is 9.80 Å². The molecule has 0 aliphatic carbocycles. The van der Waals surface area contributed by atoms with Crippen molar-refractivity contribution >= 4 is 29.2 Å². The Morgan fingerprint density at radius 2 is 1.90 bits per heavy atom. The van der Waals surface area contributed by atoms with Crippen LogP contribution in [-0.2, 0) is 4.79 Å². The van der Waals surface area contributed by atoms with E-state index in [1.807, 2.05) is 4.90 Å². The molecule has 0 atom stereocenters. The molecule has 1 aliphatic rings. The summed E-state index contributed by atoms with van der Waals surface area (Å²) in [4.78, 5) is 26.4. The summed E-state index contributed by atoms with van der Waals surface area (Å²) in [5.74, 6) is -0.961. The first-order valence-corrected chi connectivity index (χ1v) is 6.63. The van der Waals surface area contributed by atoms with Crippen LogP contribution in [0.2, 0.25) is 5.02 Å². The van der Waals surface area contributed by atoms with Crippen LogP contribution in [0, 0.1) is 0 Å². The van der Waals surface area contributed by atoms with Crippen molar-refractivity contribution in [2.75, 3.05) is 38.5 Å².